The van der Waals surface area contributed by atoms with Crippen LogP contribution in [-0.2, 0) is 24.3 Å². The van der Waals surface area contributed by atoms with Gasteiger partial charge in [-0.1, -0.05) is 48.0 Å². The van der Waals surface area contributed by atoms with E-state index in [2.05, 4.69) is 59.6 Å². The average Bonchev–Trinajstić information content (AvgIpc) is 3.13. The minimum atomic E-state index is 0.0802. The van der Waals surface area contributed by atoms with Gasteiger partial charge in [0.1, 0.15) is 12.7 Å². The minimum absolute atomic E-state index is 0.0802. The Hall–Kier alpha value is -2.95. The first-order valence-electron chi connectivity index (χ1n) is 8.83. The predicted octanol–water partition coefficient (Wildman–Crippen LogP) is 3.19. The molecule has 134 valence electrons. The molecule has 0 fully saturated rings. The smallest absolute Gasteiger partial charge is 0.220 e. The number of hydrogen-bond acceptors (Lipinski definition) is 3. The second kappa shape index (κ2) is 8.43. The van der Waals surface area contributed by atoms with Gasteiger partial charge in [-0.2, -0.15) is 5.10 Å². The first-order chi connectivity index (χ1) is 12.6. The van der Waals surface area contributed by atoms with Gasteiger partial charge in [0.05, 0.1) is 6.54 Å². The third-order valence-electron chi connectivity index (χ3n) is 4.44. The molecule has 2 aromatic carbocycles. The number of nitrogens with one attached hydrogen (secondary N) is 1. The summed E-state index contributed by atoms with van der Waals surface area (Å²) < 4.78 is 1.78. The highest BCUT2D eigenvalue weighted by molar-refractivity contribution is 5.76. The summed E-state index contributed by atoms with van der Waals surface area (Å²) in [5.74, 6) is 0.0802. The number of benzene rings is 2. The molecule has 0 unspecified atom stereocenters. The molecule has 1 heterocycles. The zero-order valence-electron chi connectivity index (χ0n) is 15.3. The molecular weight excluding hydrogens is 324 g/mol. The van der Waals surface area contributed by atoms with Gasteiger partial charge >= 0.3 is 0 Å². The zero-order valence-corrected chi connectivity index (χ0v) is 15.3. The number of hydrogen-bond donors (Lipinski definition) is 1. The summed E-state index contributed by atoms with van der Waals surface area (Å²) in [6.07, 6.45) is 4.51. The largest absolute Gasteiger partial charge is 0.352 e. The third-order valence-corrected chi connectivity index (χ3v) is 4.44. The monoisotopic (exact) mass is 348 g/mol. The van der Waals surface area contributed by atoms with Crippen LogP contribution in [0.2, 0.25) is 0 Å². The van der Waals surface area contributed by atoms with Crippen molar-refractivity contribution >= 4 is 5.91 Å². The highest BCUT2D eigenvalue weighted by atomic mass is 16.1. The summed E-state index contributed by atoms with van der Waals surface area (Å²) in [7, 11) is 0. The molecule has 5 heteroatoms. The van der Waals surface area contributed by atoms with Crippen LogP contribution in [0.1, 0.15) is 34.2 Å². The molecule has 1 aromatic heterocycles. The lowest BCUT2D eigenvalue weighted by Gasteiger charge is -2.09. The number of aromatic nitrogens is 3. The average molecular weight is 348 g/mol. The molecule has 0 aliphatic carbocycles. The minimum Gasteiger partial charge on any atom is -0.352 e. The van der Waals surface area contributed by atoms with E-state index in [1.165, 1.54) is 23.0 Å². The van der Waals surface area contributed by atoms with E-state index < -0.39 is 0 Å². The number of rotatable bonds is 7. The summed E-state index contributed by atoms with van der Waals surface area (Å²) >= 11 is 0. The van der Waals surface area contributed by atoms with E-state index in [1.54, 1.807) is 11.0 Å². The molecule has 1 amide bonds. The lowest BCUT2D eigenvalue weighted by molar-refractivity contribution is -0.121. The van der Waals surface area contributed by atoms with Crippen LogP contribution in [0.3, 0.4) is 0 Å². The van der Waals surface area contributed by atoms with Crippen LogP contribution in [0.5, 0.6) is 0 Å². The van der Waals surface area contributed by atoms with Crippen LogP contribution in [0.4, 0.5) is 0 Å². The second-order valence-electron chi connectivity index (χ2n) is 6.62. The Kier molecular flexibility index (Phi) is 5.79. The van der Waals surface area contributed by atoms with E-state index >= 15 is 0 Å². The van der Waals surface area contributed by atoms with E-state index in [0.29, 0.717) is 19.5 Å². The molecule has 0 radical (unpaired) electrons. The maximum Gasteiger partial charge on any atom is 0.220 e. The molecule has 0 saturated heterocycles. The van der Waals surface area contributed by atoms with Crippen molar-refractivity contribution in [2.24, 2.45) is 0 Å². The maximum atomic E-state index is 12.1. The lowest BCUT2D eigenvalue weighted by Crippen LogP contribution is -2.23. The zero-order chi connectivity index (χ0) is 18.4. The molecule has 1 N–H and O–H groups in total. The Morgan fingerprint density at radius 3 is 2.54 bits per heavy atom. The molecule has 0 aliphatic rings. The fraction of sp³-hybridized carbons (Fsp3) is 0.286. The predicted molar refractivity (Wildman–Crippen MR) is 102 cm³/mol. The van der Waals surface area contributed by atoms with Crippen molar-refractivity contribution in [3.05, 3.63) is 82.9 Å². The Balaban J connectivity index is 1.45. The van der Waals surface area contributed by atoms with Crippen LogP contribution in [-0.4, -0.2) is 20.7 Å². The van der Waals surface area contributed by atoms with Crippen molar-refractivity contribution in [1.82, 2.24) is 20.1 Å². The number of carbonyl (C=O) groups is 1. The van der Waals surface area contributed by atoms with Gasteiger partial charge in [0, 0.05) is 13.0 Å². The summed E-state index contributed by atoms with van der Waals surface area (Å²) in [4.78, 5) is 16.1. The fourth-order valence-electron chi connectivity index (χ4n) is 2.93. The van der Waals surface area contributed by atoms with Gasteiger partial charge in [0.15, 0.2) is 0 Å². The first kappa shape index (κ1) is 17.9. The Bertz CT molecular complexity index is 854. The molecule has 0 aliphatic heterocycles. The van der Waals surface area contributed by atoms with E-state index in [1.807, 2.05) is 12.1 Å². The number of amides is 1. The second-order valence-corrected chi connectivity index (χ2v) is 6.62. The maximum absolute atomic E-state index is 12.1. The lowest BCUT2D eigenvalue weighted by atomic mass is 10.0. The van der Waals surface area contributed by atoms with E-state index in [0.717, 1.165) is 17.5 Å². The van der Waals surface area contributed by atoms with Crippen LogP contribution < -0.4 is 5.32 Å². The van der Waals surface area contributed by atoms with Gasteiger partial charge in [0.2, 0.25) is 5.91 Å². The van der Waals surface area contributed by atoms with E-state index in [4.69, 9.17) is 0 Å². The standard InChI is InChI=1S/C21H24N4O/c1-16-3-8-20(17(2)11-16)9-10-21(26)23-12-18-4-6-19(7-5-18)13-25-15-22-14-24-25/h3-8,11,14-15H,9-10,12-13H2,1-2H3,(H,23,26). The normalized spacial score (nSPS) is 10.7. The van der Waals surface area contributed by atoms with Gasteiger partial charge in [-0.15, -0.1) is 0 Å². The summed E-state index contributed by atoms with van der Waals surface area (Å²) in [6.45, 7) is 5.43. The van der Waals surface area contributed by atoms with Crippen molar-refractivity contribution in [3.8, 4) is 0 Å². The van der Waals surface area contributed by atoms with Crippen LogP contribution in [0.25, 0.3) is 0 Å². The molecular formula is C21H24N4O. The molecule has 3 rings (SSSR count). The highest BCUT2D eigenvalue weighted by Gasteiger charge is 2.05. The Labute approximate surface area is 154 Å². The van der Waals surface area contributed by atoms with Gasteiger partial charge in [-0.25, -0.2) is 9.67 Å². The number of nitrogens with zero attached hydrogens (tertiary/aromatic N) is 3. The van der Waals surface area contributed by atoms with Crippen LogP contribution in [0.15, 0.2) is 55.1 Å². The molecule has 3 aromatic rings. The summed E-state index contributed by atoms with van der Waals surface area (Å²) in [5.41, 5.74) is 5.99. The molecule has 0 bridgehead atoms. The van der Waals surface area contributed by atoms with E-state index in [9.17, 15) is 4.79 Å². The van der Waals surface area contributed by atoms with Crippen molar-refractivity contribution in [1.29, 1.82) is 0 Å². The Morgan fingerprint density at radius 2 is 1.85 bits per heavy atom. The molecule has 5 nitrogen and oxygen atoms in total. The topological polar surface area (TPSA) is 59.8 Å². The number of carbonyl (C=O) groups excluding carboxylic acids is 1. The fourth-order valence-corrected chi connectivity index (χ4v) is 2.93. The van der Waals surface area contributed by atoms with Gasteiger partial charge in [-0.05, 0) is 42.5 Å². The first-order valence-corrected chi connectivity index (χ1v) is 8.83. The van der Waals surface area contributed by atoms with Gasteiger partial charge in [-0.3, -0.25) is 4.79 Å². The van der Waals surface area contributed by atoms with Crippen LogP contribution >= 0.6 is 0 Å². The van der Waals surface area contributed by atoms with Crippen LogP contribution in [0, 0.1) is 13.8 Å². The molecule has 26 heavy (non-hydrogen) atoms. The SMILES string of the molecule is Cc1ccc(CCC(=O)NCc2ccc(Cn3cncn3)cc2)c(C)c1. The van der Waals surface area contributed by atoms with Gasteiger partial charge in [0.25, 0.3) is 0 Å². The summed E-state index contributed by atoms with van der Waals surface area (Å²) in [5, 5.41) is 7.10. The Morgan fingerprint density at radius 1 is 1.08 bits per heavy atom. The summed E-state index contributed by atoms with van der Waals surface area (Å²) in [6, 6.07) is 14.6. The highest BCUT2D eigenvalue weighted by Crippen LogP contribution is 2.12. The van der Waals surface area contributed by atoms with Crippen molar-refractivity contribution < 1.29 is 4.79 Å². The van der Waals surface area contributed by atoms with Crippen molar-refractivity contribution in [2.75, 3.05) is 0 Å². The number of aryl methyl sites for hydroxylation is 3. The molecule has 0 spiro atoms. The molecule has 0 atom stereocenters. The molecule has 0 saturated carbocycles. The third kappa shape index (κ3) is 5.02. The quantitative estimate of drug-likeness (QED) is 0.713. The van der Waals surface area contributed by atoms with Gasteiger partial charge < -0.3 is 5.32 Å². The van der Waals surface area contributed by atoms with E-state index in [-0.39, 0.29) is 5.91 Å². The van der Waals surface area contributed by atoms with Crippen molar-refractivity contribution in [2.45, 2.75) is 39.8 Å². The van der Waals surface area contributed by atoms with Crippen molar-refractivity contribution in [3.63, 3.8) is 0 Å².